The van der Waals surface area contributed by atoms with Crippen LogP contribution >= 0.6 is 0 Å². The van der Waals surface area contributed by atoms with Crippen LogP contribution in [0.25, 0.3) is 0 Å². The Labute approximate surface area is 75.3 Å². The van der Waals surface area contributed by atoms with Crippen LogP contribution in [0.1, 0.15) is 47.0 Å². The lowest BCUT2D eigenvalue weighted by molar-refractivity contribution is 0.0483. The summed E-state index contributed by atoms with van der Waals surface area (Å²) >= 11 is 0. The van der Waals surface area contributed by atoms with E-state index in [4.69, 9.17) is 4.74 Å². The van der Waals surface area contributed by atoms with Gasteiger partial charge in [0.2, 0.25) is 0 Å². The van der Waals surface area contributed by atoms with Gasteiger partial charge in [-0.15, -0.1) is 0 Å². The Morgan fingerprint density at radius 1 is 1.42 bits per heavy atom. The molecule has 0 heterocycles. The smallest absolute Gasteiger partial charge is 0.417 e. The molecule has 0 bridgehead atoms. The Kier molecular flexibility index (Phi) is 4.95. The number of hydrogen-bond acceptors (Lipinski definition) is 2. The first-order chi connectivity index (χ1) is 5.58. The highest BCUT2D eigenvalue weighted by Crippen LogP contribution is 2.29. The van der Waals surface area contributed by atoms with Crippen molar-refractivity contribution in [1.82, 2.24) is 0 Å². The van der Waals surface area contributed by atoms with E-state index >= 15 is 0 Å². The van der Waals surface area contributed by atoms with Gasteiger partial charge in [-0.2, -0.15) is 0 Å². The highest BCUT2D eigenvalue weighted by atomic mass is 16.5. The molecule has 2 nitrogen and oxygen atoms in total. The first-order valence-electron chi connectivity index (χ1n) is 4.61. The van der Waals surface area contributed by atoms with Crippen LogP contribution in [0.15, 0.2) is 0 Å². The zero-order valence-corrected chi connectivity index (χ0v) is 8.52. The summed E-state index contributed by atoms with van der Waals surface area (Å²) in [6.45, 7) is 9.97. The lowest BCUT2D eigenvalue weighted by Gasteiger charge is -2.31. The molecule has 0 aromatic rings. The van der Waals surface area contributed by atoms with Crippen molar-refractivity contribution in [2.75, 3.05) is 0 Å². The van der Waals surface area contributed by atoms with Gasteiger partial charge in [0.05, 0.1) is 0 Å². The maximum atomic E-state index is 10.1. The van der Waals surface area contributed by atoms with Gasteiger partial charge >= 0.3 is 6.47 Å². The Hall–Kier alpha value is -0.530. The highest BCUT2D eigenvalue weighted by Gasteiger charge is 2.28. The molecule has 0 aromatic heterocycles. The average Bonchev–Trinajstić information content (AvgIpc) is 2.04. The predicted molar refractivity (Wildman–Crippen MR) is 49.5 cm³/mol. The van der Waals surface area contributed by atoms with Crippen molar-refractivity contribution in [3.8, 4) is 0 Å². The van der Waals surface area contributed by atoms with Crippen LogP contribution in [0, 0.1) is 5.41 Å². The van der Waals surface area contributed by atoms with Crippen molar-refractivity contribution < 1.29 is 9.53 Å². The van der Waals surface area contributed by atoms with Crippen LogP contribution in [0.5, 0.6) is 0 Å². The first-order valence-corrected chi connectivity index (χ1v) is 4.61. The largest absolute Gasteiger partial charge is 0.453 e. The summed E-state index contributed by atoms with van der Waals surface area (Å²) in [5, 5.41) is 0. The van der Waals surface area contributed by atoms with Gasteiger partial charge in [-0.1, -0.05) is 34.1 Å². The third kappa shape index (κ3) is 3.24. The summed E-state index contributed by atoms with van der Waals surface area (Å²) in [5.41, 5.74) is 0.0768. The van der Waals surface area contributed by atoms with Crippen molar-refractivity contribution in [3.63, 3.8) is 0 Å². The first kappa shape index (κ1) is 11.5. The van der Waals surface area contributed by atoms with Gasteiger partial charge in [-0.05, 0) is 12.8 Å². The zero-order valence-electron chi connectivity index (χ0n) is 8.52. The van der Waals surface area contributed by atoms with E-state index in [-0.39, 0.29) is 11.5 Å². The van der Waals surface area contributed by atoms with E-state index in [0.29, 0.717) is 0 Å². The molecule has 12 heavy (non-hydrogen) atoms. The van der Waals surface area contributed by atoms with Crippen LogP contribution in [0.4, 0.5) is 0 Å². The third-order valence-corrected chi connectivity index (χ3v) is 2.52. The van der Waals surface area contributed by atoms with Crippen LogP contribution < -0.4 is 0 Å². The van der Waals surface area contributed by atoms with Gasteiger partial charge < -0.3 is 4.74 Å². The summed E-state index contributed by atoms with van der Waals surface area (Å²) < 4.78 is 4.93. The molecule has 0 aliphatic rings. The standard InChI is InChI=1S/C10H19O2/c1-5-7-9(12-8-11)10(3,4)6-2/h9H,5-7H2,1-4H3. The lowest BCUT2D eigenvalue weighted by atomic mass is 9.82. The molecule has 0 rings (SSSR count). The molecule has 0 fully saturated rings. The fourth-order valence-electron chi connectivity index (χ4n) is 1.16. The topological polar surface area (TPSA) is 26.3 Å². The summed E-state index contributed by atoms with van der Waals surface area (Å²) in [6.07, 6.45) is 3.00. The molecule has 0 aromatic carbocycles. The van der Waals surface area contributed by atoms with Crippen LogP contribution in [-0.2, 0) is 9.53 Å². The van der Waals surface area contributed by atoms with Crippen molar-refractivity contribution in [2.24, 2.45) is 5.41 Å². The minimum Gasteiger partial charge on any atom is -0.453 e. The molecule has 1 radical (unpaired) electrons. The molecule has 0 saturated carbocycles. The van der Waals surface area contributed by atoms with E-state index in [0.717, 1.165) is 19.3 Å². The SMILES string of the molecule is CCCC(O[C]=O)C(C)(C)CC. The Balaban J connectivity index is 4.15. The number of ether oxygens (including phenoxy) is 1. The number of rotatable bonds is 6. The minimum absolute atomic E-state index is 0.0185. The molecule has 1 unspecified atom stereocenters. The molecule has 0 aliphatic heterocycles. The molecule has 71 valence electrons. The molecule has 1 atom stereocenters. The summed E-state index contributed by atoms with van der Waals surface area (Å²) in [6, 6.07) is 0. The number of carbonyl (C=O) groups excluding carboxylic acids is 1. The van der Waals surface area contributed by atoms with Crippen LogP contribution in [0.2, 0.25) is 0 Å². The Bertz CT molecular complexity index is 130. The summed E-state index contributed by atoms with van der Waals surface area (Å²) in [7, 11) is 0. The van der Waals surface area contributed by atoms with Crippen molar-refractivity contribution in [1.29, 1.82) is 0 Å². The minimum atomic E-state index is 0.0185. The summed E-state index contributed by atoms with van der Waals surface area (Å²) in [5.74, 6) is 0. The van der Waals surface area contributed by atoms with Gasteiger partial charge in [0.15, 0.2) is 0 Å². The van der Waals surface area contributed by atoms with Gasteiger partial charge in [0, 0.05) is 5.41 Å². The van der Waals surface area contributed by atoms with E-state index in [2.05, 4.69) is 27.7 Å². The molecule has 2 heteroatoms. The van der Waals surface area contributed by atoms with Crippen molar-refractivity contribution in [3.05, 3.63) is 0 Å². The van der Waals surface area contributed by atoms with Crippen LogP contribution in [-0.4, -0.2) is 12.6 Å². The zero-order chi connectivity index (χ0) is 9.61. The normalized spacial score (nSPS) is 14.0. The second-order valence-electron chi connectivity index (χ2n) is 3.82. The second-order valence-corrected chi connectivity index (χ2v) is 3.82. The molecule has 0 N–H and O–H groups in total. The highest BCUT2D eigenvalue weighted by molar-refractivity contribution is 5.38. The van der Waals surface area contributed by atoms with E-state index < -0.39 is 0 Å². The quantitative estimate of drug-likeness (QED) is 0.614. The van der Waals surface area contributed by atoms with E-state index in [1.807, 2.05) is 0 Å². The predicted octanol–water partition coefficient (Wildman–Crippen LogP) is 2.68. The second kappa shape index (κ2) is 5.18. The van der Waals surface area contributed by atoms with Crippen molar-refractivity contribution in [2.45, 2.75) is 53.1 Å². The van der Waals surface area contributed by atoms with Gasteiger partial charge in [0.1, 0.15) is 6.10 Å². The van der Waals surface area contributed by atoms with Gasteiger partial charge in [0.25, 0.3) is 0 Å². The molecule has 0 amide bonds. The summed E-state index contributed by atoms with van der Waals surface area (Å²) in [4.78, 5) is 10.1. The molecule has 0 saturated heterocycles. The monoisotopic (exact) mass is 171 g/mol. The molecule has 0 aliphatic carbocycles. The fourth-order valence-corrected chi connectivity index (χ4v) is 1.16. The fraction of sp³-hybridized carbons (Fsp3) is 0.900. The molecular formula is C10H19O2. The Morgan fingerprint density at radius 2 is 2.00 bits per heavy atom. The van der Waals surface area contributed by atoms with E-state index in [1.54, 1.807) is 6.47 Å². The van der Waals surface area contributed by atoms with Gasteiger partial charge in [-0.25, -0.2) is 4.79 Å². The third-order valence-electron chi connectivity index (χ3n) is 2.52. The molecule has 0 spiro atoms. The average molecular weight is 171 g/mol. The maximum absolute atomic E-state index is 10.1. The van der Waals surface area contributed by atoms with Crippen LogP contribution in [0.3, 0.4) is 0 Å². The van der Waals surface area contributed by atoms with E-state index in [9.17, 15) is 4.79 Å². The van der Waals surface area contributed by atoms with Crippen molar-refractivity contribution >= 4 is 6.47 Å². The van der Waals surface area contributed by atoms with E-state index in [1.165, 1.54) is 0 Å². The molecular weight excluding hydrogens is 152 g/mol. The Morgan fingerprint density at radius 3 is 2.33 bits per heavy atom. The lowest BCUT2D eigenvalue weighted by Crippen LogP contribution is -2.31. The number of hydrogen-bond donors (Lipinski definition) is 0. The maximum Gasteiger partial charge on any atom is 0.417 e. The van der Waals surface area contributed by atoms with Gasteiger partial charge in [-0.3, -0.25) is 0 Å².